The normalized spacial score (nSPS) is 10.6. The Kier molecular flexibility index (Phi) is 4.98. The number of halogens is 1. The van der Waals surface area contributed by atoms with Gasteiger partial charge in [0.2, 0.25) is 0 Å². The van der Waals surface area contributed by atoms with Crippen molar-refractivity contribution in [2.75, 3.05) is 7.05 Å². The number of benzene rings is 2. The van der Waals surface area contributed by atoms with Crippen LogP contribution in [0.2, 0.25) is 0 Å². The van der Waals surface area contributed by atoms with E-state index < -0.39 is 10.7 Å². The molecule has 0 aliphatic rings. The maximum absolute atomic E-state index is 14.0. The fourth-order valence-corrected chi connectivity index (χ4v) is 2.81. The zero-order valence-electron chi connectivity index (χ0n) is 14.8. The van der Waals surface area contributed by atoms with Gasteiger partial charge in [-0.05, 0) is 24.6 Å². The summed E-state index contributed by atoms with van der Waals surface area (Å²) in [5.74, 6) is -0.741. The van der Waals surface area contributed by atoms with Crippen molar-refractivity contribution in [3.8, 4) is 5.69 Å². The van der Waals surface area contributed by atoms with Crippen molar-refractivity contribution < 1.29 is 14.1 Å². The van der Waals surface area contributed by atoms with E-state index in [2.05, 4.69) is 5.10 Å². The van der Waals surface area contributed by atoms with Gasteiger partial charge in [-0.1, -0.05) is 24.3 Å². The molecule has 2 aromatic carbocycles. The maximum atomic E-state index is 14.0. The Morgan fingerprint density at radius 1 is 1.26 bits per heavy atom. The molecule has 138 valence electrons. The van der Waals surface area contributed by atoms with Gasteiger partial charge in [0.1, 0.15) is 11.5 Å². The molecule has 0 aliphatic heterocycles. The topological polar surface area (TPSA) is 81.3 Å². The molecule has 0 N–H and O–H groups in total. The molecule has 0 saturated heterocycles. The summed E-state index contributed by atoms with van der Waals surface area (Å²) >= 11 is 0. The molecule has 0 spiro atoms. The van der Waals surface area contributed by atoms with Crippen LogP contribution < -0.4 is 0 Å². The Morgan fingerprint density at radius 2 is 2.00 bits per heavy atom. The van der Waals surface area contributed by atoms with E-state index in [1.165, 1.54) is 34.0 Å². The van der Waals surface area contributed by atoms with Crippen molar-refractivity contribution in [1.29, 1.82) is 0 Å². The second kappa shape index (κ2) is 7.36. The molecular formula is C19H17FN4O3. The van der Waals surface area contributed by atoms with Crippen LogP contribution in [-0.4, -0.2) is 32.6 Å². The number of nitro groups is 1. The van der Waals surface area contributed by atoms with Crippen molar-refractivity contribution in [2.45, 2.75) is 13.5 Å². The summed E-state index contributed by atoms with van der Waals surface area (Å²) in [6.07, 6.45) is 1.40. The first-order valence-corrected chi connectivity index (χ1v) is 8.17. The second-order valence-corrected chi connectivity index (χ2v) is 6.10. The second-order valence-electron chi connectivity index (χ2n) is 6.10. The minimum absolute atomic E-state index is 0.0306. The van der Waals surface area contributed by atoms with E-state index in [4.69, 9.17) is 0 Å². The lowest BCUT2D eigenvalue weighted by Crippen LogP contribution is -2.26. The highest BCUT2D eigenvalue weighted by Crippen LogP contribution is 2.19. The number of aromatic nitrogens is 2. The van der Waals surface area contributed by atoms with Gasteiger partial charge in [-0.2, -0.15) is 5.10 Å². The van der Waals surface area contributed by atoms with Crippen LogP contribution in [0.3, 0.4) is 0 Å². The summed E-state index contributed by atoms with van der Waals surface area (Å²) in [6, 6.07) is 12.3. The molecule has 0 unspecified atom stereocenters. The first-order chi connectivity index (χ1) is 12.9. The zero-order chi connectivity index (χ0) is 19.6. The molecule has 1 aromatic heterocycles. The van der Waals surface area contributed by atoms with Crippen molar-refractivity contribution >= 4 is 11.6 Å². The van der Waals surface area contributed by atoms with Gasteiger partial charge in [0, 0.05) is 25.7 Å². The molecule has 1 amide bonds. The smallest absolute Gasteiger partial charge is 0.269 e. The lowest BCUT2D eigenvalue weighted by Gasteiger charge is -2.17. The fraction of sp³-hybridized carbons (Fsp3) is 0.158. The van der Waals surface area contributed by atoms with E-state index >= 15 is 0 Å². The minimum Gasteiger partial charge on any atom is -0.337 e. The highest BCUT2D eigenvalue weighted by molar-refractivity contribution is 5.95. The third-order valence-electron chi connectivity index (χ3n) is 4.21. The van der Waals surface area contributed by atoms with Gasteiger partial charge in [0.25, 0.3) is 11.6 Å². The van der Waals surface area contributed by atoms with Gasteiger partial charge in [-0.15, -0.1) is 0 Å². The summed E-state index contributed by atoms with van der Waals surface area (Å²) in [5, 5.41) is 15.0. The molecule has 0 bridgehead atoms. The number of amides is 1. The number of hydrogen-bond donors (Lipinski definition) is 0. The third kappa shape index (κ3) is 3.69. The van der Waals surface area contributed by atoms with Crippen LogP contribution in [0.15, 0.2) is 54.7 Å². The van der Waals surface area contributed by atoms with Crippen molar-refractivity contribution in [3.05, 3.63) is 87.5 Å². The van der Waals surface area contributed by atoms with E-state index in [1.807, 2.05) is 0 Å². The minimum atomic E-state index is -0.478. The molecule has 0 radical (unpaired) electrons. The van der Waals surface area contributed by atoms with Gasteiger partial charge in [0.15, 0.2) is 0 Å². The molecule has 7 nitrogen and oxygen atoms in total. The highest BCUT2D eigenvalue weighted by Gasteiger charge is 2.20. The van der Waals surface area contributed by atoms with Crippen LogP contribution in [0.25, 0.3) is 5.69 Å². The van der Waals surface area contributed by atoms with Crippen LogP contribution in [-0.2, 0) is 6.54 Å². The van der Waals surface area contributed by atoms with Crippen LogP contribution in [0.1, 0.15) is 21.6 Å². The van der Waals surface area contributed by atoms with Gasteiger partial charge < -0.3 is 4.90 Å². The Balaban J connectivity index is 1.83. The van der Waals surface area contributed by atoms with E-state index in [0.29, 0.717) is 16.8 Å². The third-order valence-corrected chi connectivity index (χ3v) is 4.21. The molecule has 3 aromatic rings. The highest BCUT2D eigenvalue weighted by atomic mass is 19.1. The summed E-state index contributed by atoms with van der Waals surface area (Å²) < 4.78 is 15.4. The predicted octanol–water partition coefficient (Wildman–Crippen LogP) is 3.50. The lowest BCUT2D eigenvalue weighted by atomic mass is 10.1. The molecule has 3 rings (SSSR count). The Bertz CT molecular complexity index is 1020. The maximum Gasteiger partial charge on any atom is 0.269 e. The molecule has 0 saturated carbocycles. The molecule has 8 heteroatoms. The predicted molar refractivity (Wildman–Crippen MR) is 97.2 cm³/mol. The van der Waals surface area contributed by atoms with Crippen LogP contribution in [0.4, 0.5) is 10.1 Å². The molecule has 27 heavy (non-hydrogen) atoms. The first-order valence-electron chi connectivity index (χ1n) is 8.17. The molecular weight excluding hydrogens is 351 g/mol. The van der Waals surface area contributed by atoms with Gasteiger partial charge in [0.05, 0.1) is 22.4 Å². The number of nitro benzene ring substituents is 1. The van der Waals surface area contributed by atoms with Crippen molar-refractivity contribution in [2.24, 2.45) is 0 Å². The van der Waals surface area contributed by atoms with Crippen LogP contribution in [0.5, 0.6) is 0 Å². The SMILES string of the molecule is Cc1c(C(=O)N(C)Cc2cccc([N+](=O)[O-])c2)cnn1-c1ccccc1F. The lowest BCUT2D eigenvalue weighted by molar-refractivity contribution is -0.384. The quantitative estimate of drug-likeness (QED) is 0.510. The van der Waals surface area contributed by atoms with E-state index in [0.717, 1.165) is 0 Å². The summed E-state index contributed by atoms with van der Waals surface area (Å²) in [7, 11) is 1.60. The molecule has 0 atom stereocenters. The molecule has 1 heterocycles. The number of hydrogen-bond acceptors (Lipinski definition) is 4. The van der Waals surface area contributed by atoms with Gasteiger partial charge in [-0.25, -0.2) is 9.07 Å². The number of non-ortho nitro benzene ring substituents is 1. The van der Waals surface area contributed by atoms with Gasteiger partial charge in [-0.3, -0.25) is 14.9 Å². The standard InChI is InChI=1S/C19H17FN4O3/c1-13-16(11-21-23(13)18-9-4-3-8-17(18)20)19(25)22(2)12-14-6-5-7-15(10-14)24(26)27/h3-11H,12H2,1-2H3. The van der Waals surface area contributed by atoms with E-state index in [1.54, 1.807) is 44.3 Å². The fourth-order valence-electron chi connectivity index (χ4n) is 2.81. The van der Waals surface area contributed by atoms with Crippen LogP contribution >= 0.6 is 0 Å². The van der Waals surface area contributed by atoms with Crippen molar-refractivity contribution in [3.63, 3.8) is 0 Å². The zero-order valence-corrected chi connectivity index (χ0v) is 14.8. The molecule has 0 aliphatic carbocycles. The largest absolute Gasteiger partial charge is 0.337 e. The number of nitrogens with zero attached hydrogens (tertiary/aromatic N) is 4. The number of para-hydroxylation sites is 1. The average Bonchev–Trinajstić information content (AvgIpc) is 3.03. The first kappa shape index (κ1) is 18.2. The Morgan fingerprint density at radius 3 is 2.70 bits per heavy atom. The number of carbonyl (C=O) groups is 1. The summed E-state index contributed by atoms with van der Waals surface area (Å²) in [6.45, 7) is 1.89. The average molecular weight is 368 g/mol. The Labute approximate surface area is 154 Å². The monoisotopic (exact) mass is 368 g/mol. The Hall–Kier alpha value is -3.55. The van der Waals surface area contributed by atoms with E-state index in [9.17, 15) is 19.3 Å². The van der Waals surface area contributed by atoms with Crippen LogP contribution in [0, 0.1) is 22.9 Å². The van der Waals surface area contributed by atoms with E-state index in [-0.39, 0.29) is 23.8 Å². The number of carbonyl (C=O) groups excluding carboxylic acids is 1. The number of rotatable bonds is 5. The molecule has 0 fully saturated rings. The summed E-state index contributed by atoms with van der Waals surface area (Å²) in [5.41, 5.74) is 1.72. The van der Waals surface area contributed by atoms with Crippen molar-refractivity contribution in [1.82, 2.24) is 14.7 Å². The van der Waals surface area contributed by atoms with Gasteiger partial charge >= 0.3 is 0 Å². The summed E-state index contributed by atoms with van der Waals surface area (Å²) in [4.78, 5) is 24.6.